The van der Waals surface area contributed by atoms with Crippen molar-refractivity contribution in [3.63, 3.8) is 0 Å². The van der Waals surface area contributed by atoms with E-state index in [0.29, 0.717) is 19.3 Å². The fraction of sp³-hybridized carbons (Fsp3) is 0.942. The van der Waals surface area contributed by atoms with E-state index in [9.17, 15) is 18.1 Å². The number of carbonyl (C=O) groups excluding carboxylic acids is 3. The van der Waals surface area contributed by atoms with Crippen molar-refractivity contribution in [2.24, 2.45) is 0 Å². The monoisotopic (exact) mass is 913 g/mol. The molecule has 0 radical (unpaired) electrons. The van der Waals surface area contributed by atoms with Crippen LogP contribution in [0.4, 0.5) is 0 Å². The van der Waals surface area contributed by atoms with E-state index < -0.39 is 19.6 Å². The van der Waals surface area contributed by atoms with Crippen molar-refractivity contribution in [3.05, 3.63) is 0 Å². The fourth-order valence-electron chi connectivity index (χ4n) is 7.98. The zero-order valence-electron chi connectivity index (χ0n) is 40.5. The molecule has 0 aromatic heterocycles. The fourth-order valence-corrected chi connectivity index (χ4v) is 10.0. The van der Waals surface area contributed by atoms with Gasteiger partial charge in [-0.3, -0.25) is 14.4 Å². The van der Waals surface area contributed by atoms with Crippen molar-refractivity contribution < 1.29 is 32.3 Å². The van der Waals surface area contributed by atoms with E-state index in [2.05, 4.69) is 13.8 Å². The van der Waals surface area contributed by atoms with E-state index in [0.717, 1.165) is 69.4 Å². The molecule has 0 bridgehead atoms. The predicted molar refractivity (Wildman–Crippen MR) is 255 cm³/mol. The Labute approximate surface area is 375 Å². The number of ether oxygens (including phenoxy) is 3. The standard InChI is InChI=1S/C52H101AsO7/c1-5-7-9-11-13-15-17-19-23-27-31-35-39-43-50(54)58-47-49(60-52(56)45-41-37-33-29-25-20-18-16-14-12-10-8-6-2)48-59-51(55)44-40-36-32-28-24-21-22-26-30-34-38-42-46-53(3,4)57/h49H,5-48H2,1-4H3. The van der Waals surface area contributed by atoms with Gasteiger partial charge in [0.05, 0.1) is 0 Å². The van der Waals surface area contributed by atoms with Gasteiger partial charge in [0.1, 0.15) is 13.2 Å². The number of hydrogen-bond acceptors (Lipinski definition) is 7. The minimum atomic E-state index is -2.43. The van der Waals surface area contributed by atoms with Gasteiger partial charge in [-0.25, -0.2) is 0 Å². The quantitative estimate of drug-likeness (QED) is 0.0260. The van der Waals surface area contributed by atoms with Gasteiger partial charge in [0.2, 0.25) is 0 Å². The molecule has 0 aliphatic rings. The third-order valence-corrected chi connectivity index (χ3v) is 14.9. The predicted octanol–water partition coefficient (Wildman–Crippen LogP) is 16.7. The molecular formula is C52H101AsO7. The summed E-state index contributed by atoms with van der Waals surface area (Å²) in [6.45, 7) is 4.38. The smallest absolute Gasteiger partial charge is 0.306 e. The van der Waals surface area contributed by atoms with Crippen LogP contribution in [0.25, 0.3) is 0 Å². The van der Waals surface area contributed by atoms with Gasteiger partial charge < -0.3 is 14.2 Å². The Morgan fingerprint density at radius 3 is 0.850 bits per heavy atom. The second-order valence-corrected chi connectivity index (χ2v) is 26.3. The number of unbranched alkanes of at least 4 members (excludes halogenated alkanes) is 35. The SMILES string of the molecule is CCCCCCCCCCCCCCCC(=O)OCC(COC(=O)CCCCCCCCCCCCCC[As](C)(C)=O)OC(=O)CCCCCCCCCCCCCCC. The van der Waals surface area contributed by atoms with Gasteiger partial charge in [0.15, 0.2) is 6.10 Å². The van der Waals surface area contributed by atoms with Gasteiger partial charge in [-0.1, -0.05) is 168 Å². The molecule has 7 nitrogen and oxygen atoms in total. The molecule has 8 heteroatoms. The summed E-state index contributed by atoms with van der Waals surface area (Å²) in [7, 11) is 0. The summed E-state index contributed by atoms with van der Waals surface area (Å²) < 4.78 is 28.7. The molecule has 0 N–H and O–H groups in total. The first kappa shape index (κ1) is 58.8. The molecule has 0 aromatic rings. The van der Waals surface area contributed by atoms with Gasteiger partial charge in [-0.15, -0.1) is 0 Å². The molecule has 0 amide bonds. The molecule has 0 saturated carbocycles. The molecule has 0 fully saturated rings. The summed E-state index contributed by atoms with van der Waals surface area (Å²) in [4.78, 5) is 38.0. The molecule has 1 unspecified atom stereocenters. The zero-order chi connectivity index (χ0) is 44.0. The van der Waals surface area contributed by atoms with Crippen molar-refractivity contribution in [1.82, 2.24) is 0 Å². The molecule has 60 heavy (non-hydrogen) atoms. The molecule has 0 spiro atoms. The molecular weight excluding hydrogens is 811 g/mol. The Bertz CT molecular complexity index is 995. The minimum absolute atomic E-state index is 0.0730. The van der Waals surface area contributed by atoms with Gasteiger partial charge in [-0.2, -0.15) is 0 Å². The van der Waals surface area contributed by atoms with Crippen molar-refractivity contribution in [2.45, 2.75) is 300 Å². The first-order chi connectivity index (χ1) is 29.2. The summed E-state index contributed by atoms with van der Waals surface area (Å²) in [5.41, 5.74) is 3.90. The zero-order valence-corrected chi connectivity index (χ0v) is 42.4. The van der Waals surface area contributed by atoms with Gasteiger partial charge in [-0.05, 0) is 19.3 Å². The molecule has 0 saturated heterocycles. The van der Waals surface area contributed by atoms with E-state index in [1.54, 1.807) is 0 Å². The average molecular weight is 913 g/mol. The third kappa shape index (κ3) is 47.8. The summed E-state index contributed by atoms with van der Waals surface area (Å²) >= 11 is -2.43. The molecule has 1 atom stereocenters. The van der Waals surface area contributed by atoms with Crippen LogP contribution in [0.5, 0.6) is 0 Å². The number of hydrogen-bond donors (Lipinski definition) is 0. The molecule has 0 aromatic carbocycles. The maximum atomic E-state index is 12.8. The topological polar surface area (TPSA) is 96.0 Å². The summed E-state index contributed by atoms with van der Waals surface area (Å²) in [6.07, 6.45) is 46.9. The molecule has 0 aliphatic heterocycles. The second-order valence-electron chi connectivity index (χ2n) is 18.8. The van der Waals surface area contributed by atoms with Crippen LogP contribution in [0.3, 0.4) is 0 Å². The Morgan fingerprint density at radius 2 is 0.583 bits per heavy atom. The maximum absolute atomic E-state index is 12.8. The van der Waals surface area contributed by atoms with Gasteiger partial charge in [0.25, 0.3) is 0 Å². The van der Waals surface area contributed by atoms with Crippen LogP contribution in [-0.2, 0) is 32.3 Å². The van der Waals surface area contributed by atoms with Crippen molar-refractivity contribution in [3.8, 4) is 0 Å². The van der Waals surface area contributed by atoms with Crippen molar-refractivity contribution in [2.75, 3.05) is 13.2 Å². The van der Waals surface area contributed by atoms with Crippen LogP contribution in [0, 0.1) is 0 Å². The Balaban J connectivity index is 4.31. The van der Waals surface area contributed by atoms with Crippen molar-refractivity contribution >= 4 is 31.4 Å². The van der Waals surface area contributed by atoms with Crippen LogP contribution in [0.15, 0.2) is 0 Å². The van der Waals surface area contributed by atoms with Crippen LogP contribution < -0.4 is 0 Å². The number of esters is 3. The minimum Gasteiger partial charge on any atom is -0.455 e. The summed E-state index contributed by atoms with van der Waals surface area (Å²) in [5, 5.41) is 0.947. The summed E-state index contributed by atoms with van der Waals surface area (Å²) in [5.74, 6) is -0.874. The summed E-state index contributed by atoms with van der Waals surface area (Å²) in [6, 6.07) is 0. The maximum Gasteiger partial charge on any atom is 0.306 e. The normalized spacial score (nSPS) is 12.1. The Kier molecular flexibility index (Phi) is 44.8. The van der Waals surface area contributed by atoms with Crippen molar-refractivity contribution in [1.29, 1.82) is 0 Å². The Hall–Kier alpha value is -1.23. The molecule has 0 heterocycles. The van der Waals surface area contributed by atoms with E-state index >= 15 is 0 Å². The average Bonchev–Trinajstić information content (AvgIpc) is 3.22. The van der Waals surface area contributed by atoms with Gasteiger partial charge in [0, 0.05) is 19.3 Å². The molecule has 0 rings (SSSR count). The van der Waals surface area contributed by atoms with Crippen LogP contribution in [-0.4, -0.2) is 50.7 Å². The van der Waals surface area contributed by atoms with E-state index in [1.807, 2.05) is 11.4 Å². The Morgan fingerprint density at radius 1 is 0.350 bits per heavy atom. The third-order valence-electron chi connectivity index (χ3n) is 12.0. The van der Waals surface area contributed by atoms with E-state index in [4.69, 9.17) is 14.2 Å². The van der Waals surface area contributed by atoms with Gasteiger partial charge >= 0.3 is 122 Å². The first-order valence-corrected chi connectivity index (χ1v) is 32.1. The van der Waals surface area contributed by atoms with Crippen LogP contribution in [0.1, 0.15) is 277 Å². The number of rotatable bonds is 48. The molecule has 0 aliphatic carbocycles. The van der Waals surface area contributed by atoms with Crippen LogP contribution in [0.2, 0.25) is 16.6 Å². The van der Waals surface area contributed by atoms with E-state index in [1.165, 1.54) is 180 Å². The number of carbonyl (C=O) groups is 3. The van der Waals surface area contributed by atoms with Crippen LogP contribution >= 0.6 is 0 Å². The molecule has 356 valence electrons. The first-order valence-electron chi connectivity index (χ1n) is 26.2. The van der Waals surface area contributed by atoms with E-state index in [-0.39, 0.29) is 31.1 Å². The second kappa shape index (κ2) is 45.8. The largest absolute Gasteiger partial charge is 0.455 e.